The van der Waals surface area contributed by atoms with Crippen molar-refractivity contribution in [2.45, 2.75) is 222 Å². The van der Waals surface area contributed by atoms with E-state index in [2.05, 4.69) is 55.4 Å². The van der Waals surface area contributed by atoms with Crippen LogP contribution >= 0.6 is 0 Å². The van der Waals surface area contributed by atoms with Gasteiger partial charge in [0, 0.05) is 22.5 Å². The van der Waals surface area contributed by atoms with Crippen molar-refractivity contribution in [2.24, 2.45) is 98.6 Å². The van der Waals surface area contributed by atoms with Crippen LogP contribution in [0.3, 0.4) is 0 Å². The van der Waals surface area contributed by atoms with Crippen molar-refractivity contribution >= 4 is 28.7 Å². The molecule has 0 aliphatic heterocycles. The molecule has 8 fully saturated rings. The first-order valence-electron chi connectivity index (χ1n) is 31.2. The van der Waals surface area contributed by atoms with E-state index in [0.29, 0.717) is 74.0 Å². The van der Waals surface area contributed by atoms with E-state index in [1.54, 1.807) is 24.5 Å². The van der Waals surface area contributed by atoms with Gasteiger partial charge in [0.15, 0.2) is 5.75 Å². The van der Waals surface area contributed by atoms with Gasteiger partial charge in [-0.2, -0.15) is 0 Å². The van der Waals surface area contributed by atoms with Gasteiger partial charge in [-0.3, -0.25) is 0 Å². The second-order valence-corrected chi connectivity index (χ2v) is 28.8. The lowest BCUT2D eigenvalue weighted by atomic mass is 9.44. The van der Waals surface area contributed by atoms with Crippen molar-refractivity contribution in [3.05, 3.63) is 41.7 Å². The SMILES string of the molecule is CC(=COc1c(N)cc(C(=O)OCC(C)CCC[C@@H](C)[C@H]2CC[C@H]3[C@@H]4CCC5CCCC[C@]5(C)[C@H]4CC[C@]23C)c(-c2ccc(N)cc2N)c1N)CCC[C@@H](C)[C@H]1CC[C@H]2[C@@H]3CCC4CCCC[C@]4(C)[C@H]3CC[C@]12C. The van der Waals surface area contributed by atoms with Gasteiger partial charge in [0.25, 0.3) is 0 Å². The Morgan fingerprint density at radius 2 is 1.18 bits per heavy atom. The zero-order valence-electron chi connectivity index (χ0n) is 48.0. The summed E-state index contributed by atoms with van der Waals surface area (Å²) in [4.78, 5) is 14.2. The highest BCUT2D eigenvalue weighted by molar-refractivity contribution is 6.06. The first kappa shape index (κ1) is 54.0. The number of carbonyl (C=O) groups excluding carboxylic acids is 1. The third-order valence-electron chi connectivity index (χ3n) is 25.1. The number of nitrogen functional groups attached to an aromatic ring is 4. The molecule has 8 N–H and O–H groups in total. The molecule has 0 spiro atoms. The van der Waals surface area contributed by atoms with Gasteiger partial charge in [-0.25, -0.2) is 4.79 Å². The van der Waals surface area contributed by atoms with Crippen molar-refractivity contribution in [1.82, 2.24) is 0 Å². The van der Waals surface area contributed by atoms with E-state index in [-0.39, 0.29) is 17.2 Å². The van der Waals surface area contributed by atoms with Gasteiger partial charge < -0.3 is 32.4 Å². The summed E-state index contributed by atoms with van der Waals surface area (Å²) in [6.45, 7) is 20.6. The Hall–Kier alpha value is -3.35. The van der Waals surface area contributed by atoms with E-state index in [4.69, 9.17) is 32.4 Å². The molecule has 10 rings (SSSR count). The predicted octanol–water partition coefficient (Wildman–Crippen LogP) is 17.5. The molecule has 0 heterocycles. The Bertz CT molecular complexity index is 2360. The van der Waals surface area contributed by atoms with Gasteiger partial charge in [-0.1, -0.05) is 99.5 Å². The van der Waals surface area contributed by atoms with Crippen LogP contribution in [-0.4, -0.2) is 12.6 Å². The summed E-state index contributed by atoms with van der Waals surface area (Å²) >= 11 is 0. The van der Waals surface area contributed by atoms with E-state index in [0.717, 1.165) is 90.4 Å². The number of anilines is 4. The standard InChI is InChI=1S/C67H104N4O3/c1-41(15-13-17-43(3)52-27-29-54-48-24-21-45-19-9-11-33-64(45,5)56(48)31-35-66(52,54)7)39-73-62-59(70)38-51(60(61(62)71)50-26-23-47(68)37-58(50)69)63(72)74-40-42(2)16-14-18-44(4)53-28-30-55-49-25-22-46-20-10-12-34-65(46,6)57(49)32-36-67(53,55)8/h23,26,37-39,42-46,48-49,52-57H,9-22,24-25,27-36,40,68-71H2,1-8H3/t42?,43-,44-,45?,46?,48+,49+,52-,53-,54+,55+,56+,57+,64+,65+,66-,67-/m1/s1. The second-order valence-electron chi connectivity index (χ2n) is 28.8. The zero-order chi connectivity index (χ0) is 52.3. The molecular weight excluding hydrogens is 909 g/mol. The molecule has 2 aromatic carbocycles. The van der Waals surface area contributed by atoms with E-state index >= 15 is 0 Å². The maximum absolute atomic E-state index is 14.2. The number of nitrogens with two attached hydrogens (primary N) is 4. The third kappa shape index (κ3) is 9.73. The van der Waals surface area contributed by atoms with Crippen LogP contribution in [0.4, 0.5) is 22.7 Å². The Labute approximate surface area is 450 Å². The summed E-state index contributed by atoms with van der Waals surface area (Å²) < 4.78 is 12.5. The van der Waals surface area contributed by atoms with Crippen LogP contribution in [0.2, 0.25) is 0 Å². The van der Waals surface area contributed by atoms with Crippen LogP contribution in [0.25, 0.3) is 11.1 Å². The van der Waals surface area contributed by atoms with E-state index in [1.165, 1.54) is 141 Å². The molecule has 8 aliphatic carbocycles. The van der Waals surface area contributed by atoms with E-state index < -0.39 is 5.97 Å². The van der Waals surface area contributed by atoms with Gasteiger partial charge in [0.2, 0.25) is 0 Å². The molecule has 7 heteroatoms. The van der Waals surface area contributed by atoms with Crippen molar-refractivity contribution in [2.75, 3.05) is 29.5 Å². The fraction of sp³-hybridized carbons (Fsp3) is 0.776. The van der Waals surface area contributed by atoms with Gasteiger partial charge in [-0.15, -0.1) is 0 Å². The van der Waals surface area contributed by atoms with E-state index in [1.807, 2.05) is 6.07 Å². The second kappa shape index (κ2) is 21.5. The van der Waals surface area contributed by atoms with Gasteiger partial charge in [0.1, 0.15) is 0 Å². The topological polar surface area (TPSA) is 140 Å². The van der Waals surface area contributed by atoms with Crippen LogP contribution in [0.15, 0.2) is 36.1 Å². The molecule has 17 atom stereocenters. The maximum atomic E-state index is 14.2. The van der Waals surface area contributed by atoms with Crippen LogP contribution in [-0.2, 0) is 4.74 Å². The number of allylic oxidation sites excluding steroid dienone is 1. The lowest BCUT2D eigenvalue weighted by Gasteiger charge is -2.61. The number of fused-ring (bicyclic) bond motifs is 10. The molecule has 410 valence electrons. The molecule has 74 heavy (non-hydrogen) atoms. The van der Waals surface area contributed by atoms with Crippen LogP contribution < -0.4 is 27.7 Å². The first-order valence-corrected chi connectivity index (χ1v) is 31.2. The Morgan fingerprint density at radius 3 is 1.74 bits per heavy atom. The van der Waals surface area contributed by atoms with Gasteiger partial charge >= 0.3 is 5.97 Å². The Kier molecular flexibility index (Phi) is 15.7. The highest BCUT2D eigenvalue weighted by Gasteiger charge is 2.62. The average molecular weight is 1010 g/mol. The Balaban J connectivity index is 0.727. The minimum absolute atomic E-state index is 0.223. The zero-order valence-corrected chi connectivity index (χ0v) is 48.0. The summed E-state index contributed by atoms with van der Waals surface area (Å²) in [5, 5.41) is 0. The van der Waals surface area contributed by atoms with E-state index in [9.17, 15) is 4.79 Å². The largest absolute Gasteiger partial charge is 0.462 e. The normalized spacial score (nSPS) is 38.8. The highest BCUT2D eigenvalue weighted by atomic mass is 16.5. The first-order chi connectivity index (χ1) is 35.4. The number of benzene rings is 2. The van der Waals surface area contributed by atoms with Crippen LogP contribution in [0.1, 0.15) is 233 Å². The number of ether oxygens (including phenoxy) is 2. The van der Waals surface area contributed by atoms with Crippen LogP contribution in [0.5, 0.6) is 5.75 Å². The molecule has 0 aromatic heterocycles. The van der Waals surface area contributed by atoms with Crippen LogP contribution in [0, 0.1) is 98.6 Å². The molecule has 2 aromatic rings. The number of rotatable bonds is 16. The molecule has 8 aliphatic rings. The van der Waals surface area contributed by atoms with Crippen molar-refractivity contribution in [1.29, 1.82) is 0 Å². The summed E-state index contributed by atoms with van der Waals surface area (Å²) in [6.07, 6.45) is 37.8. The maximum Gasteiger partial charge on any atom is 0.338 e. The van der Waals surface area contributed by atoms with Crippen molar-refractivity contribution < 1.29 is 14.3 Å². The fourth-order valence-corrected chi connectivity index (χ4v) is 21.1. The molecule has 3 unspecified atom stereocenters. The monoisotopic (exact) mass is 1010 g/mol. The third-order valence-corrected chi connectivity index (χ3v) is 25.1. The summed E-state index contributed by atoms with van der Waals surface area (Å²) in [6, 6.07) is 6.96. The molecule has 0 bridgehead atoms. The highest BCUT2D eigenvalue weighted by Crippen LogP contribution is 2.70. The number of hydrogen-bond acceptors (Lipinski definition) is 7. The molecule has 0 saturated heterocycles. The van der Waals surface area contributed by atoms with Crippen molar-refractivity contribution in [3.8, 4) is 16.9 Å². The molecule has 0 radical (unpaired) electrons. The molecular formula is C67H104N4O3. The number of esters is 1. The summed E-state index contributed by atoms with van der Waals surface area (Å²) in [5.74, 6) is 10.8. The summed E-state index contributed by atoms with van der Waals surface area (Å²) in [5.41, 5.74) is 32.7. The minimum atomic E-state index is -0.458. The fourth-order valence-electron chi connectivity index (χ4n) is 21.1. The van der Waals surface area contributed by atoms with Gasteiger partial charge in [0.05, 0.1) is 29.8 Å². The predicted molar refractivity (Wildman–Crippen MR) is 309 cm³/mol. The average Bonchev–Trinajstić information content (AvgIpc) is 3.93. The number of carbonyl (C=O) groups is 1. The molecule has 8 saturated carbocycles. The smallest absolute Gasteiger partial charge is 0.338 e. The minimum Gasteiger partial charge on any atom is -0.462 e. The molecule has 0 amide bonds. The quantitative estimate of drug-likeness (QED) is 0.0746. The lowest BCUT2D eigenvalue weighted by Crippen LogP contribution is -2.53. The lowest BCUT2D eigenvalue weighted by molar-refractivity contribution is -0.114. The molecule has 7 nitrogen and oxygen atoms in total. The van der Waals surface area contributed by atoms with Gasteiger partial charge in [-0.05, 0) is 251 Å². The Morgan fingerprint density at radius 1 is 0.622 bits per heavy atom. The summed E-state index contributed by atoms with van der Waals surface area (Å²) in [7, 11) is 0. The number of hydrogen-bond donors (Lipinski definition) is 4. The van der Waals surface area contributed by atoms with Crippen molar-refractivity contribution in [3.63, 3.8) is 0 Å².